The minimum Gasteiger partial charge on any atom is -0.465 e. The zero-order chi connectivity index (χ0) is 28.6. The van der Waals surface area contributed by atoms with Crippen LogP contribution in [0.15, 0.2) is 54.6 Å². The largest absolute Gasteiger partial charge is 0.465 e. The van der Waals surface area contributed by atoms with Crippen molar-refractivity contribution in [2.75, 3.05) is 32.7 Å². The van der Waals surface area contributed by atoms with Crippen LogP contribution in [0.5, 0.6) is 0 Å². The number of aromatic nitrogens is 2. The zero-order valence-corrected chi connectivity index (χ0v) is 23.7. The topological polar surface area (TPSA) is 85.7 Å². The number of amides is 1. The molecule has 3 aliphatic rings. The van der Waals surface area contributed by atoms with E-state index in [4.69, 9.17) is 37.8 Å². The maximum absolute atomic E-state index is 16.0. The Balaban J connectivity index is 0.00000316. The number of carbonyl (C=O) groups excluding carboxylic acids is 2. The van der Waals surface area contributed by atoms with Gasteiger partial charge in [0.05, 0.1) is 35.9 Å². The first-order chi connectivity index (χ1) is 19.8. The van der Waals surface area contributed by atoms with E-state index in [1.807, 2.05) is 16.8 Å². The van der Waals surface area contributed by atoms with Gasteiger partial charge in [0.15, 0.2) is 0 Å². The van der Waals surface area contributed by atoms with Crippen LogP contribution in [-0.2, 0) is 26.2 Å². The average molecular weight is 612 g/mol. The Morgan fingerprint density at radius 3 is 2.74 bits per heavy atom. The molecule has 7 rings (SSSR count). The number of carbonyl (C=O) groups is 2. The molecule has 42 heavy (non-hydrogen) atoms. The van der Waals surface area contributed by atoms with Crippen LogP contribution in [0.4, 0.5) is 10.1 Å². The fraction of sp³-hybridized carbons (Fsp3) is 0.323. The first-order valence-electron chi connectivity index (χ1n) is 13.2. The highest BCUT2D eigenvalue weighted by atomic mass is 35.5. The third-order valence-corrected chi connectivity index (χ3v) is 9.31. The summed E-state index contributed by atoms with van der Waals surface area (Å²) < 4.78 is 28.4. The van der Waals surface area contributed by atoms with Crippen molar-refractivity contribution >= 4 is 51.7 Å². The first kappa shape index (κ1) is 28.6. The summed E-state index contributed by atoms with van der Waals surface area (Å²) in [6, 6.07) is 14.8. The number of likely N-dealkylation sites (tertiary alicyclic amines) is 1. The van der Waals surface area contributed by atoms with Gasteiger partial charge in [-0.3, -0.25) is 14.4 Å². The predicted octanol–water partition coefficient (Wildman–Crippen LogP) is 5.96. The molecule has 3 aromatic carbocycles. The van der Waals surface area contributed by atoms with Crippen LogP contribution in [0.1, 0.15) is 46.6 Å². The van der Waals surface area contributed by atoms with Gasteiger partial charge in [-0.1, -0.05) is 54.9 Å². The maximum atomic E-state index is 16.0. The molecule has 0 radical (unpaired) electrons. The number of fused-ring (bicyclic) bond motifs is 7. The Hall–Kier alpha value is -3.50. The summed E-state index contributed by atoms with van der Waals surface area (Å²) in [5, 5.41) is 9.33. The summed E-state index contributed by atoms with van der Waals surface area (Å²) >= 11 is 12.7. The van der Waals surface area contributed by atoms with Gasteiger partial charge in [-0.05, 0) is 35.9 Å². The summed E-state index contributed by atoms with van der Waals surface area (Å²) in [6.45, 7) is 0.776. The lowest BCUT2D eigenvalue weighted by Gasteiger charge is -2.40. The van der Waals surface area contributed by atoms with E-state index >= 15 is 4.39 Å². The molecule has 1 amide bonds. The Morgan fingerprint density at radius 1 is 1.17 bits per heavy atom. The van der Waals surface area contributed by atoms with E-state index in [2.05, 4.69) is 10.2 Å². The van der Waals surface area contributed by atoms with Crippen LogP contribution < -0.4 is 5.32 Å². The molecule has 0 aliphatic carbocycles. The number of anilines is 1. The monoisotopic (exact) mass is 610 g/mol. The Labute approximate surface area is 252 Å². The Kier molecular flexibility index (Phi) is 7.05. The second kappa shape index (κ2) is 10.3. The fourth-order valence-electron chi connectivity index (χ4n) is 7.27. The van der Waals surface area contributed by atoms with Crippen molar-refractivity contribution in [3.8, 4) is 0 Å². The normalized spacial score (nSPS) is 23.9. The maximum Gasteiger partial charge on any atom is 0.337 e. The second-order valence-corrected chi connectivity index (χ2v) is 11.4. The summed E-state index contributed by atoms with van der Waals surface area (Å²) in [4.78, 5) is 28.7. The van der Waals surface area contributed by atoms with Gasteiger partial charge in [-0.15, -0.1) is 0 Å². The van der Waals surface area contributed by atoms with Crippen molar-refractivity contribution in [3.05, 3.63) is 92.8 Å². The van der Waals surface area contributed by atoms with Gasteiger partial charge in [0.2, 0.25) is 5.91 Å². The molecule has 1 saturated heterocycles. The number of hydrogen-bond acceptors (Lipinski definition) is 6. The van der Waals surface area contributed by atoms with E-state index in [-0.39, 0.29) is 24.4 Å². The summed E-state index contributed by atoms with van der Waals surface area (Å²) in [6.07, 6.45) is 0.555. The van der Waals surface area contributed by atoms with E-state index in [1.165, 1.54) is 13.2 Å². The smallest absolute Gasteiger partial charge is 0.337 e. The Morgan fingerprint density at radius 2 is 1.98 bits per heavy atom. The lowest BCUT2D eigenvalue weighted by Crippen LogP contribution is -2.53. The molecule has 4 aromatic rings. The van der Waals surface area contributed by atoms with Crippen molar-refractivity contribution in [1.29, 1.82) is 0 Å². The fourth-order valence-corrected chi connectivity index (χ4v) is 7.62. The summed E-state index contributed by atoms with van der Waals surface area (Å²) in [5.41, 5.74) is 2.31. The van der Waals surface area contributed by atoms with Crippen LogP contribution >= 0.6 is 23.2 Å². The molecule has 1 fully saturated rings. The molecule has 0 unspecified atom stereocenters. The number of benzene rings is 3. The van der Waals surface area contributed by atoms with Crippen LogP contribution in [0.25, 0.3) is 10.9 Å². The second-order valence-electron chi connectivity index (χ2n) is 10.6. The minimum atomic E-state index is -1.29. The van der Waals surface area contributed by atoms with Crippen molar-refractivity contribution in [3.63, 3.8) is 0 Å². The van der Waals surface area contributed by atoms with E-state index in [0.29, 0.717) is 52.5 Å². The van der Waals surface area contributed by atoms with Crippen molar-refractivity contribution in [1.82, 2.24) is 14.7 Å². The Bertz CT molecular complexity index is 1760. The molecule has 1 spiro atoms. The molecule has 4 atom stereocenters. The van der Waals surface area contributed by atoms with Crippen molar-refractivity contribution in [2.24, 2.45) is 0 Å². The zero-order valence-electron chi connectivity index (χ0n) is 22.2. The molecule has 3 aliphatic heterocycles. The number of hydrogen-bond donors (Lipinski definition) is 1. The number of rotatable bonds is 5. The molecule has 1 N–H and O–H groups in total. The predicted molar refractivity (Wildman–Crippen MR) is 159 cm³/mol. The van der Waals surface area contributed by atoms with Crippen molar-refractivity contribution < 1.29 is 23.5 Å². The van der Waals surface area contributed by atoms with E-state index in [0.717, 1.165) is 11.1 Å². The highest BCUT2D eigenvalue weighted by Gasteiger charge is 2.69. The third-order valence-electron chi connectivity index (χ3n) is 8.79. The van der Waals surface area contributed by atoms with Gasteiger partial charge < -0.3 is 14.8 Å². The molecule has 1 aromatic heterocycles. The van der Waals surface area contributed by atoms with E-state index in [9.17, 15) is 9.59 Å². The molecule has 218 valence electrons. The molecule has 0 saturated carbocycles. The lowest BCUT2D eigenvalue weighted by molar-refractivity contribution is -0.128. The van der Waals surface area contributed by atoms with Gasteiger partial charge in [-0.25, -0.2) is 9.18 Å². The number of methoxy groups -OCH3 is 2. The standard InChI is InChI=1S/C30H25Cl2FN4O4.CH4/c1-40-11-10-36-24-14-23-17-8-6-15(28(38)41-2)12-21(17)35-37(23)27(24)25(18-4-3-5-20(32)26(18)33)30(36)19-9-7-16(31)13-22(19)34-29(30)39;/h3-9,12-13,24-25,27H,10-11,14H2,1-2H3,(H,34,39);1H4/t24-,25-,27+,30+;/m0./s1. The molecule has 8 nitrogen and oxygen atoms in total. The number of esters is 1. The van der Waals surface area contributed by atoms with Crippen LogP contribution in [0.2, 0.25) is 10.0 Å². The molecule has 0 bridgehead atoms. The molecular formula is C31H29Cl2FN4O4. The van der Waals surface area contributed by atoms with Gasteiger partial charge in [0.1, 0.15) is 11.4 Å². The van der Waals surface area contributed by atoms with Gasteiger partial charge in [0.25, 0.3) is 0 Å². The first-order valence-corrected chi connectivity index (χ1v) is 14.0. The van der Waals surface area contributed by atoms with Crippen molar-refractivity contribution in [2.45, 2.75) is 37.4 Å². The van der Waals surface area contributed by atoms with Crippen LogP contribution in [-0.4, -0.2) is 60.0 Å². The number of ether oxygens (including phenoxy) is 2. The number of nitrogens with one attached hydrogen (secondary N) is 1. The van der Waals surface area contributed by atoms with E-state index < -0.39 is 29.3 Å². The van der Waals surface area contributed by atoms with Gasteiger partial charge in [-0.2, -0.15) is 5.10 Å². The number of halogens is 3. The average Bonchev–Trinajstić information content (AvgIpc) is 3.65. The van der Waals surface area contributed by atoms with Crippen LogP contribution in [0, 0.1) is 5.82 Å². The van der Waals surface area contributed by atoms with Crippen LogP contribution in [0.3, 0.4) is 0 Å². The summed E-state index contributed by atoms with van der Waals surface area (Å²) in [7, 11) is 2.95. The third kappa shape index (κ3) is 3.77. The van der Waals surface area contributed by atoms with Gasteiger partial charge in [0, 0.05) is 59.4 Å². The lowest BCUT2D eigenvalue weighted by atomic mass is 9.73. The van der Waals surface area contributed by atoms with E-state index in [1.54, 1.807) is 43.5 Å². The SMILES string of the molecule is C.COCCN1[C@H]2Cc3c4ccc(C(=O)OC)cc4nn3[C@H]2[C@H](c2cccc(Cl)c2F)[C@]12C(=O)Nc1cc(Cl)ccc12. The summed E-state index contributed by atoms with van der Waals surface area (Å²) in [5.74, 6) is -2.00. The minimum absolute atomic E-state index is 0. The van der Waals surface area contributed by atoms with Gasteiger partial charge >= 0.3 is 5.97 Å². The molecular weight excluding hydrogens is 582 g/mol. The molecule has 11 heteroatoms. The highest BCUT2D eigenvalue weighted by Crippen LogP contribution is 2.63. The molecule has 4 heterocycles. The quantitative estimate of drug-likeness (QED) is 0.280. The number of nitrogens with zero attached hydrogens (tertiary/aromatic N) is 3. The highest BCUT2D eigenvalue weighted by molar-refractivity contribution is 6.31.